The third kappa shape index (κ3) is 50.1. The fraction of sp³-hybridized carbons (Fsp3) is 0.776. The molecule has 0 heterocycles. The maximum Gasteiger partial charge on any atom is 0.306 e. The average molecular weight is 895 g/mol. The minimum absolute atomic E-state index is 0.0982. The highest BCUT2D eigenvalue weighted by Gasteiger charge is 2.19. The van der Waals surface area contributed by atoms with Crippen LogP contribution in [0, 0.1) is 0 Å². The average Bonchev–Trinajstić information content (AvgIpc) is 3.29. The molecule has 0 aromatic carbocycles. The van der Waals surface area contributed by atoms with Crippen LogP contribution in [-0.2, 0) is 28.6 Å². The fourth-order valence-corrected chi connectivity index (χ4v) is 7.58. The van der Waals surface area contributed by atoms with E-state index in [2.05, 4.69) is 75.5 Å². The largest absolute Gasteiger partial charge is 0.462 e. The van der Waals surface area contributed by atoms with Crippen molar-refractivity contribution in [3.63, 3.8) is 0 Å². The van der Waals surface area contributed by atoms with Crippen LogP contribution in [0.5, 0.6) is 0 Å². The number of carbonyl (C=O) groups is 3. The minimum Gasteiger partial charge on any atom is -0.462 e. The zero-order chi connectivity index (χ0) is 46.5. The number of ether oxygens (including phenoxy) is 3. The molecule has 0 N–H and O–H groups in total. The van der Waals surface area contributed by atoms with Gasteiger partial charge in [-0.3, -0.25) is 14.4 Å². The summed E-state index contributed by atoms with van der Waals surface area (Å²) in [5.74, 6) is -0.978. The van der Waals surface area contributed by atoms with Gasteiger partial charge in [0.1, 0.15) is 13.2 Å². The van der Waals surface area contributed by atoms with Gasteiger partial charge in [0.05, 0.1) is 0 Å². The Hall–Kier alpha value is -2.89. The first-order valence-corrected chi connectivity index (χ1v) is 27.3. The van der Waals surface area contributed by atoms with Gasteiger partial charge in [0.15, 0.2) is 6.10 Å². The second-order valence-corrected chi connectivity index (χ2v) is 18.1. The molecule has 6 heteroatoms. The fourth-order valence-electron chi connectivity index (χ4n) is 7.58. The summed E-state index contributed by atoms with van der Waals surface area (Å²) in [6, 6.07) is 0. The first-order chi connectivity index (χ1) is 31.5. The van der Waals surface area contributed by atoms with Gasteiger partial charge in [0, 0.05) is 19.3 Å². The van der Waals surface area contributed by atoms with E-state index < -0.39 is 6.10 Å². The number of unbranched alkanes of at least 4 members (excludes halogenated alkanes) is 28. The van der Waals surface area contributed by atoms with Gasteiger partial charge in [-0.25, -0.2) is 0 Å². The molecule has 0 aromatic heterocycles. The van der Waals surface area contributed by atoms with Crippen LogP contribution in [0.15, 0.2) is 60.8 Å². The number of esters is 3. The molecule has 0 aliphatic rings. The number of hydrogen-bond donors (Lipinski definition) is 0. The van der Waals surface area contributed by atoms with Crippen LogP contribution in [0.2, 0.25) is 0 Å². The van der Waals surface area contributed by atoms with Crippen LogP contribution in [-0.4, -0.2) is 37.2 Å². The molecular weight excluding hydrogens is 793 g/mol. The monoisotopic (exact) mass is 895 g/mol. The first-order valence-electron chi connectivity index (χ1n) is 27.3. The van der Waals surface area contributed by atoms with Crippen LogP contribution in [0.3, 0.4) is 0 Å². The number of hydrogen-bond acceptors (Lipinski definition) is 6. The molecular formula is C58H102O6. The smallest absolute Gasteiger partial charge is 0.306 e. The van der Waals surface area contributed by atoms with Crippen molar-refractivity contribution in [3.05, 3.63) is 60.8 Å². The van der Waals surface area contributed by atoms with E-state index in [1.165, 1.54) is 148 Å². The molecule has 370 valence electrons. The van der Waals surface area contributed by atoms with Crippen molar-refractivity contribution in [2.75, 3.05) is 13.2 Å². The summed E-state index contributed by atoms with van der Waals surface area (Å²) in [4.78, 5) is 38.0. The quantitative estimate of drug-likeness (QED) is 0.0262. The SMILES string of the molecule is CCCCC/C=C/C/C=C/CCCCCCCCCC(=O)OCC(COC(=O)CC/C=C/C/C=C/CCCCCCCC)OC(=O)CCCCCCC/C=C/CCCCCCCCC. The van der Waals surface area contributed by atoms with Crippen LogP contribution in [0.25, 0.3) is 0 Å². The van der Waals surface area contributed by atoms with Gasteiger partial charge < -0.3 is 14.2 Å². The molecule has 0 radical (unpaired) electrons. The molecule has 0 saturated carbocycles. The Morgan fingerprint density at radius 2 is 0.594 bits per heavy atom. The zero-order valence-electron chi connectivity index (χ0n) is 42.3. The molecule has 1 unspecified atom stereocenters. The molecule has 0 spiro atoms. The molecule has 6 nitrogen and oxygen atoms in total. The lowest BCUT2D eigenvalue weighted by atomic mass is 10.1. The summed E-state index contributed by atoms with van der Waals surface area (Å²) < 4.78 is 16.8. The molecule has 0 aliphatic carbocycles. The van der Waals surface area contributed by atoms with Gasteiger partial charge >= 0.3 is 17.9 Å². The zero-order valence-corrected chi connectivity index (χ0v) is 42.3. The highest BCUT2D eigenvalue weighted by atomic mass is 16.6. The number of carbonyl (C=O) groups excluding carboxylic acids is 3. The summed E-state index contributed by atoms with van der Waals surface area (Å²) in [6.45, 7) is 6.55. The van der Waals surface area contributed by atoms with Crippen molar-refractivity contribution >= 4 is 17.9 Å². The van der Waals surface area contributed by atoms with E-state index >= 15 is 0 Å². The van der Waals surface area contributed by atoms with Gasteiger partial charge in [0.2, 0.25) is 0 Å². The van der Waals surface area contributed by atoms with Crippen LogP contribution in [0.1, 0.15) is 271 Å². The van der Waals surface area contributed by atoms with Gasteiger partial charge in [-0.15, -0.1) is 0 Å². The lowest BCUT2D eigenvalue weighted by molar-refractivity contribution is -0.166. The van der Waals surface area contributed by atoms with Crippen molar-refractivity contribution in [2.45, 2.75) is 277 Å². The maximum absolute atomic E-state index is 12.8. The van der Waals surface area contributed by atoms with Crippen molar-refractivity contribution < 1.29 is 28.6 Å². The van der Waals surface area contributed by atoms with Crippen LogP contribution < -0.4 is 0 Å². The van der Waals surface area contributed by atoms with Gasteiger partial charge in [-0.2, -0.15) is 0 Å². The molecule has 0 bridgehead atoms. The summed E-state index contributed by atoms with van der Waals surface area (Å²) in [7, 11) is 0. The number of allylic oxidation sites excluding steroid dienone is 10. The third-order valence-electron chi connectivity index (χ3n) is 11.7. The minimum atomic E-state index is -0.803. The normalized spacial score (nSPS) is 12.5. The Morgan fingerprint density at radius 3 is 1.00 bits per heavy atom. The van der Waals surface area contributed by atoms with E-state index in [4.69, 9.17) is 14.2 Å². The van der Waals surface area contributed by atoms with Crippen LogP contribution >= 0.6 is 0 Å². The predicted molar refractivity (Wildman–Crippen MR) is 275 cm³/mol. The second-order valence-electron chi connectivity index (χ2n) is 18.1. The van der Waals surface area contributed by atoms with E-state index in [1.807, 2.05) is 6.08 Å². The second kappa shape index (κ2) is 52.7. The Balaban J connectivity index is 4.44. The molecule has 0 aromatic rings. The summed E-state index contributed by atoms with van der Waals surface area (Å²) in [5.41, 5.74) is 0. The Kier molecular flexibility index (Phi) is 50.4. The van der Waals surface area contributed by atoms with Crippen molar-refractivity contribution in [1.29, 1.82) is 0 Å². The molecule has 0 fully saturated rings. The van der Waals surface area contributed by atoms with E-state index in [9.17, 15) is 14.4 Å². The van der Waals surface area contributed by atoms with E-state index in [1.54, 1.807) is 0 Å². The molecule has 0 saturated heterocycles. The van der Waals surface area contributed by atoms with Crippen molar-refractivity contribution in [1.82, 2.24) is 0 Å². The Bertz CT molecular complexity index is 1170. The summed E-state index contributed by atoms with van der Waals surface area (Å²) in [5, 5.41) is 0. The van der Waals surface area contributed by atoms with Gasteiger partial charge in [-0.05, 0) is 96.3 Å². The highest BCUT2D eigenvalue weighted by Crippen LogP contribution is 2.14. The molecule has 0 amide bonds. The van der Waals surface area contributed by atoms with Gasteiger partial charge in [0.25, 0.3) is 0 Å². The standard InChI is InChI=1S/C58H102O6/c1-4-7-10-13-16-19-22-25-27-29-31-33-36-39-42-45-48-51-57(60)63-54-55(53-62-56(59)50-47-44-41-38-35-32-24-21-18-15-12-9-6-3)64-58(61)52-49-46-43-40-37-34-30-28-26-23-20-17-14-11-8-5-2/h16,19,25,27-28,30,32,35,41,44,55H,4-15,17-18,20-24,26,29,31,33-34,36-40,42-43,45-54H2,1-3H3/b19-16+,27-25+,30-28+,35-32+,44-41+. The Morgan fingerprint density at radius 1 is 0.312 bits per heavy atom. The van der Waals surface area contributed by atoms with E-state index in [0.717, 1.165) is 77.0 Å². The predicted octanol–water partition coefficient (Wildman–Crippen LogP) is 18.0. The molecule has 0 aliphatic heterocycles. The topological polar surface area (TPSA) is 78.9 Å². The van der Waals surface area contributed by atoms with E-state index in [-0.39, 0.29) is 37.5 Å². The lowest BCUT2D eigenvalue weighted by Gasteiger charge is -2.18. The number of rotatable bonds is 49. The van der Waals surface area contributed by atoms with E-state index in [0.29, 0.717) is 19.3 Å². The van der Waals surface area contributed by atoms with Crippen molar-refractivity contribution in [2.24, 2.45) is 0 Å². The first kappa shape index (κ1) is 61.1. The van der Waals surface area contributed by atoms with Crippen molar-refractivity contribution in [3.8, 4) is 0 Å². The van der Waals surface area contributed by atoms with Crippen LogP contribution in [0.4, 0.5) is 0 Å². The maximum atomic E-state index is 12.8. The molecule has 1 atom stereocenters. The molecule has 64 heavy (non-hydrogen) atoms. The summed E-state index contributed by atoms with van der Waals surface area (Å²) in [6.07, 6.45) is 65.0. The Labute approximate surface area is 396 Å². The van der Waals surface area contributed by atoms with Gasteiger partial charge in [-0.1, -0.05) is 216 Å². The third-order valence-corrected chi connectivity index (χ3v) is 11.7. The molecule has 0 rings (SSSR count). The lowest BCUT2D eigenvalue weighted by Crippen LogP contribution is -2.30. The summed E-state index contributed by atoms with van der Waals surface area (Å²) >= 11 is 0. The highest BCUT2D eigenvalue weighted by molar-refractivity contribution is 5.71.